The van der Waals surface area contributed by atoms with Crippen LogP contribution >= 0.6 is 0 Å². The molecule has 1 saturated heterocycles. The van der Waals surface area contributed by atoms with Gasteiger partial charge >= 0.3 is 0 Å². The van der Waals surface area contributed by atoms with Crippen LogP contribution in [0.25, 0.3) is 0 Å². The SMILES string of the molecule is O=C(c1ccncc1F)N1CCN(c2cc3c(nn2)CCC3)CC1. The van der Waals surface area contributed by atoms with Crippen molar-refractivity contribution in [3.63, 3.8) is 0 Å². The molecule has 124 valence electrons. The lowest BCUT2D eigenvalue weighted by Gasteiger charge is -2.35. The molecule has 2 aromatic rings. The third-order valence-corrected chi connectivity index (χ3v) is 4.70. The third-order valence-electron chi connectivity index (χ3n) is 4.70. The van der Waals surface area contributed by atoms with Crippen LogP contribution in [-0.4, -0.2) is 52.2 Å². The van der Waals surface area contributed by atoms with E-state index in [4.69, 9.17) is 0 Å². The van der Waals surface area contributed by atoms with Crippen molar-refractivity contribution in [2.75, 3.05) is 31.1 Å². The van der Waals surface area contributed by atoms with Crippen molar-refractivity contribution in [1.82, 2.24) is 20.1 Å². The zero-order valence-electron chi connectivity index (χ0n) is 13.3. The van der Waals surface area contributed by atoms with Crippen LogP contribution in [0.15, 0.2) is 24.5 Å². The summed E-state index contributed by atoms with van der Waals surface area (Å²) in [4.78, 5) is 19.9. The summed E-state index contributed by atoms with van der Waals surface area (Å²) in [7, 11) is 0. The minimum Gasteiger partial charge on any atom is -0.352 e. The molecule has 2 aliphatic rings. The van der Waals surface area contributed by atoms with E-state index in [-0.39, 0.29) is 11.5 Å². The first-order chi connectivity index (χ1) is 11.7. The largest absolute Gasteiger partial charge is 0.352 e. The highest BCUT2D eigenvalue weighted by Gasteiger charge is 2.25. The van der Waals surface area contributed by atoms with Gasteiger partial charge in [-0.3, -0.25) is 9.78 Å². The van der Waals surface area contributed by atoms with Crippen LogP contribution in [0.1, 0.15) is 28.0 Å². The van der Waals surface area contributed by atoms with E-state index in [0.717, 1.165) is 37.0 Å². The lowest BCUT2D eigenvalue weighted by Crippen LogP contribution is -2.49. The van der Waals surface area contributed by atoms with Crippen LogP contribution in [0.3, 0.4) is 0 Å². The van der Waals surface area contributed by atoms with E-state index in [1.54, 1.807) is 4.90 Å². The van der Waals surface area contributed by atoms with Gasteiger partial charge in [0.1, 0.15) is 0 Å². The van der Waals surface area contributed by atoms with Gasteiger partial charge in [-0.05, 0) is 37.0 Å². The van der Waals surface area contributed by atoms with E-state index in [1.807, 2.05) is 0 Å². The van der Waals surface area contributed by atoms with Gasteiger partial charge in [-0.2, -0.15) is 5.10 Å². The Labute approximate surface area is 139 Å². The molecule has 0 spiro atoms. The Morgan fingerprint density at radius 2 is 1.96 bits per heavy atom. The van der Waals surface area contributed by atoms with Gasteiger partial charge < -0.3 is 9.80 Å². The molecule has 0 N–H and O–H groups in total. The predicted octanol–water partition coefficient (Wildman–Crippen LogP) is 1.46. The Hall–Kier alpha value is -2.57. The molecular formula is C17H18FN5O. The number of aromatic nitrogens is 3. The van der Waals surface area contributed by atoms with Gasteiger partial charge in [-0.25, -0.2) is 4.39 Å². The van der Waals surface area contributed by atoms with E-state index in [9.17, 15) is 9.18 Å². The first-order valence-corrected chi connectivity index (χ1v) is 8.21. The smallest absolute Gasteiger partial charge is 0.257 e. The summed E-state index contributed by atoms with van der Waals surface area (Å²) in [5.41, 5.74) is 2.48. The molecule has 3 heterocycles. The van der Waals surface area contributed by atoms with Crippen LogP contribution in [0.2, 0.25) is 0 Å². The zero-order chi connectivity index (χ0) is 16.5. The van der Waals surface area contributed by atoms with Crippen LogP contribution in [0, 0.1) is 5.82 Å². The Morgan fingerprint density at radius 1 is 1.12 bits per heavy atom. The number of fused-ring (bicyclic) bond motifs is 1. The Balaban J connectivity index is 1.43. The molecule has 24 heavy (non-hydrogen) atoms. The molecule has 0 saturated carbocycles. The van der Waals surface area contributed by atoms with Crippen LogP contribution < -0.4 is 4.90 Å². The molecule has 6 nitrogen and oxygen atoms in total. The number of carbonyl (C=O) groups is 1. The van der Waals surface area contributed by atoms with Crippen molar-refractivity contribution < 1.29 is 9.18 Å². The second-order valence-electron chi connectivity index (χ2n) is 6.16. The topological polar surface area (TPSA) is 62.2 Å². The number of hydrogen-bond donors (Lipinski definition) is 0. The molecule has 4 rings (SSSR count). The van der Waals surface area contributed by atoms with Gasteiger partial charge in [0.2, 0.25) is 0 Å². The number of aryl methyl sites for hydroxylation is 2. The highest BCUT2D eigenvalue weighted by molar-refractivity contribution is 5.94. The lowest BCUT2D eigenvalue weighted by atomic mass is 10.2. The van der Waals surface area contributed by atoms with Crippen molar-refractivity contribution in [3.05, 3.63) is 47.2 Å². The van der Waals surface area contributed by atoms with Gasteiger partial charge in [-0.1, -0.05) is 0 Å². The van der Waals surface area contributed by atoms with E-state index in [0.29, 0.717) is 26.2 Å². The van der Waals surface area contributed by atoms with Crippen LogP contribution in [0.5, 0.6) is 0 Å². The number of amides is 1. The molecule has 1 amide bonds. The molecule has 0 aromatic carbocycles. The second-order valence-corrected chi connectivity index (χ2v) is 6.16. The summed E-state index contributed by atoms with van der Waals surface area (Å²) >= 11 is 0. The van der Waals surface area contributed by atoms with Gasteiger partial charge in [0, 0.05) is 32.4 Å². The summed E-state index contributed by atoms with van der Waals surface area (Å²) < 4.78 is 13.7. The van der Waals surface area contributed by atoms with Crippen molar-refractivity contribution in [2.45, 2.75) is 19.3 Å². The normalized spacial score (nSPS) is 17.0. The molecule has 7 heteroatoms. The fraction of sp³-hybridized carbons (Fsp3) is 0.412. The summed E-state index contributed by atoms with van der Waals surface area (Å²) in [6.45, 7) is 2.43. The Morgan fingerprint density at radius 3 is 2.75 bits per heavy atom. The summed E-state index contributed by atoms with van der Waals surface area (Å²) in [6, 6.07) is 3.55. The third kappa shape index (κ3) is 2.70. The number of rotatable bonds is 2. The first kappa shape index (κ1) is 15.0. The standard InChI is InChI=1S/C17H18FN5O/c18-14-11-19-5-4-13(14)17(24)23-8-6-22(7-9-23)16-10-12-2-1-3-15(12)20-21-16/h4-5,10-11H,1-3,6-9H2. The predicted molar refractivity (Wildman–Crippen MR) is 86.4 cm³/mol. The Kier molecular flexibility index (Phi) is 3.84. The minimum atomic E-state index is -0.575. The maximum atomic E-state index is 13.7. The lowest BCUT2D eigenvalue weighted by molar-refractivity contribution is 0.0741. The first-order valence-electron chi connectivity index (χ1n) is 8.21. The zero-order valence-corrected chi connectivity index (χ0v) is 13.3. The van der Waals surface area contributed by atoms with Crippen LogP contribution in [-0.2, 0) is 12.8 Å². The number of halogens is 1. The fourth-order valence-electron chi connectivity index (χ4n) is 3.33. The number of anilines is 1. The van der Waals surface area contributed by atoms with Crippen molar-refractivity contribution in [3.8, 4) is 0 Å². The number of pyridine rings is 1. The summed E-state index contributed by atoms with van der Waals surface area (Å²) in [6.07, 6.45) is 5.74. The monoisotopic (exact) mass is 327 g/mol. The molecule has 0 radical (unpaired) electrons. The number of piperazine rings is 1. The molecule has 1 fully saturated rings. The molecule has 1 aliphatic heterocycles. The Bertz CT molecular complexity index is 773. The van der Waals surface area contributed by atoms with Gasteiger partial charge in [0.05, 0.1) is 17.5 Å². The average Bonchev–Trinajstić information content (AvgIpc) is 3.09. The van der Waals surface area contributed by atoms with Gasteiger partial charge in [0.15, 0.2) is 11.6 Å². The van der Waals surface area contributed by atoms with Crippen molar-refractivity contribution in [2.24, 2.45) is 0 Å². The quantitative estimate of drug-likeness (QED) is 0.836. The minimum absolute atomic E-state index is 0.0794. The van der Waals surface area contributed by atoms with E-state index < -0.39 is 5.82 Å². The van der Waals surface area contributed by atoms with E-state index in [2.05, 4.69) is 26.1 Å². The fourth-order valence-corrected chi connectivity index (χ4v) is 3.33. The average molecular weight is 327 g/mol. The molecule has 0 atom stereocenters. The highest BCUT2D eigenvalue weighted by Crippen LogP contribution is 2.23. The van der Waals surface area contributed by atoms with Gasteiger partial charge in [0.25, 0.3) is 5.91 Å². The van der Waals surface area contributed by atoms with Gasteiger partial charge in [-0.15, -0.1) is 5.10 Å². The molecule has 0 unspecified atom stereocenters. The van der Waals surface area contributed by atoms with Crippen molar-refractivity contribution >= 4 is 11.7 Å². The van der Waals surface area contributed by atoms with Crippen LogP contribution in [0.4, 0.5) is 10.2 Å². The number of nitrogens with zero attached hydrogens (tertiary/aromatic N) is 5. The molecule has 0 bridgehead atoms. The number of hydrogen-bond acceptors (Lipinski definition) is 5. The van der Waals surface area contributed by atoms with Crippen molar-refractivity contribution in [1.29, 1.82) is 0 Å². The second kappa shape index (κ2) is 6.14. The molecular weight excluding hydrogens is 309 g/mol. The number of carbonyl (C=O) groups excluding carboxylic acids is 1. The van der Waals surface area contributed by atoms with E-state index in [1.165, 1.54) is 17.8 Å². The summed E-state index contributed by atoms with van der Waals surface area (Å²) in [5.74, 6) is 0.0156. The molecule has 2 aromatic heterocycles. The maximum absolute atomic E-state index is 13.7. The molecule has 1 aliphatic carbocycles. The summed E-state index contributed by atoms with van der Waals surface area (Å²) in [5, 5.41) is 8.64. The maximum Gasteiger partial charge on any atom is 0.257 e. The van der Waals surface area contributed by atoms with E-state index >= 15 is 0 Å². The highest BCUT2D eigenvalue weighted by atomic mass is 19.1.